The number of amides is 1. The van der Waals surface area contributed by atoms with Crippen LogP contribution in [0.5, 0.6) is 11.5 Å². The minimum atomic E-state index is -0.456. The van der Waals surface area contributed by atoms with Crippen LogP contribution < -0.4 is 20.0 Å². The quantitative estimate of drug-likeness (QED) is 0.398. The molecule has 2 atom stereocenters. The van der Waals surface area contributed by atoms with E-state index in [-0.39, 0.29) is 31.1 Å². The molecule has 0 bridgehead atoms. The van der Waals surface area contributed by atoms with Gasteiger partial charge in [-0.05, 0) is 60.4 Å². The molecule has 0 saturated carbocycles. The average molecular weight is 543 g/mol. The van der Waals surface area contributed by atoms with Gasteiger partial charge < -0.3 is 24.7 Å². The molecule has 7 nitrogen and oxygen atoms in total. The second-order valence-corrected chi connectivity index (χ2v) is 10.2. The van der Waals surface area contributed by atoms with E-state index in [9.17, 15) is 15.0 Å². The Bertz CT molecular complexity index is 1370. The summed E-state index contributed by atoms with van der Waals surface area (Å²) in [5, 5.41) is 21.2. The van der Waals surface area contributed by atoms with Gasteiger partial charge in [0.2, 0.25) is 0 Å². The first-order valence-corrected chi connectivity index (χ1v) is 13.0. The number of nitrogens with one attached hydrogen (secondary N) is 1. The molecular weight excluding hydrogens is 515 g/mol. The van der Waals surface area contributed by atoms with Crippen molar-refractivity contribution in [3.05, 3.63) is 80.9 Å². The highest BCUT2D eigenvalue weighted by atomic mass is 35.5. The monoisotopic (exact) mass is 542 g/mol. The molecule has 1 aliphatic heterocycles. The Morgan fingerprint density at radius 1 is 1.08 bits per heavy atom. The smallest absolute Gasteiger partial charge is 0.416 e. The summed E-state index contributed by atoms with van der Waals surface area (Å²) < 4.78 is 11.4. The number of hydrogen-bond acceptors (Lipinski definition) is 5. The van der Waals surface area contributed by atoms with Crippen molar-refractivity contribution in [1.29, 1.82) is 0 Å². The van der Waals surface area contributed by atoms with Crippen molar-refractivity contribution in [1.82, 2.24) is 9.88 Å². The maximum Gasteiger partial charge on any atom is 0.416 e. The van der Waals surface area contributed by atoms with Gasteiger partial charge in [0.25, 0.3) is 0 Å². The van der Waals surface area contributed by atoms with Gasteiger partial charge in [0.05, 0.1) is 25.2 Å². The number of aliphatic hydroxyl groups excluding tert-OH is 2. The van der Waals surface area contributed by atoms with Crippen molar-refractivity contribution in [3.63, 3.8) is 0 Å². The lowest BCUT2D eigenvalue weighted by molar-refractivity contribution is 0.106. The highest BCUT2D eigenvalue weighted by Gasteiger charge is 2.35. The minimum Gasteiger partial charge on any atom is -0.493 e. The number of nitrogens with zero attached hydrogens (tertiary/aromatic N) is 1. The fourth-order valence-electron chi connectivity index (χ4n) is 4.78. The largest absolute Gasteiger partial charge is 0.493 e. The summed E-state index contributed by atoms with van der Waals surface area (Å²) in [6.45, 7) is 0.369. The lowest BCUT2D eigenvalue weighted by atomic mass is 9.92. The summed E-state index contributed by atoms with van der Waals surface area (Å²) in [6.07, 6.45) is 5.15. The SMILES string of the molecule is O=C(Oc1ccc(Cl)cc1)N1CCc2c([nH]c3c2=CC(Cl)CC=3)[C@@H]1c1ccc(OCC(CO)CO)cc1. The first kappa shape index (κ1) is 25.7. The topological polar surface area (TPSA) is 95.0 Å². The predicted octanol–water partition coefficient (Wildman–Crippen LogP) is 3.37. The Labute approximate surface area is 224 Å². The van der Waals surface area contributed by atoms with Crippen LogP contribution in [-0.4, -0.2) is 57.9 Å². The second-order valence-electron chi connectivity index (χ2n) is 9.25. The maximum absolute atomic E-state index is 13.4. The van der Waals surface area contributed by atoms with Gasteiger partial charge in [-0.15, -0.1) is 11.6 Å². The molecule has 37 heavy (non-hydrogen) atoms. The molecule has 1 aliphatic carbocycles. The molecule has 5 rings (SSSR count). The Morgan fingerprint density at radius 3 is 2.49 bits per heavy atom. The molecule has 0 spiro atoms. The molecule has 2 heterocycles. The van der Waals surface area contributed by atoms with Gasteiger partial charge >= 0.3 is 6.09 Å². The lowest BCUT2D eigenvalue weighted by Crippen LogP contribution is -2.43. The third-order valence-electron chi connectivity index (χ3n) is 6.74. The van der Waals surface area contributed by atoms with E-state index in [1.54, 1.807) is 29.2 Å². The van der Waals surface area contributed by atoms with E-state index >= 15 is 0 Å². The van der Waals surface area contributed by atoms with E-state index in [1.807, 2.05) is 24.3 Å². The molecule has 3 aromatic rings. The van der Waals surface area contributed by atoms with Crippen LogP contribution in [-0.2, 0) is 6.42 Å². The van der Waals surface area contributed by atoms with Crippen molar-refractivity contribution in [2.45, 2.75) is 24.3 Å². The third kappa shape index (κ3) is 5.50. The number of benzene rings is 2. The van der Waals surface area contributed by atoms with Crippen LogP contribution in [0, 0.1) is 5.92 Å². The normalized spacial score (nSPS) is 18.5. The van der Waals surface area contributed by atoms with Crippen LogP contribution in [0.25, 0.3) is 12.2 Å². The molecule has 194 valence electrons. The zero-order chi connectivity index (χ0) is 25.9. The fourth-order valence-corrected chi connectivity index (χ4v) is 5.12. The van der Waals surface area contributed by atoms with E-state index in [2.05, 4.69) is 17.1 Å². The number of fused-ring (bicyclic) bond motifs is 3. The van der Waals surface area contributed by atoms with E-state index in [0.717, 1.165) is 33.8 Å². The Morgan fingerprint density at radius 2 is 1.78 bits per heavy atom. The number of H-pyrrole nitrogens is 1. The van der Waals surface area contributed by atoms with Crippen LogP contribution >= 0.6 is 23.2 Å². The number of rotatable bonds is 7. The van der Waals surface area contributed by atoms with Crippen LogP contribution in [0.2, 0.25) is 5.02 Å². The van der Waals surface area contributed by atoms with Crippen LogP contribution in [0.1, 0.15) is 29.3 Å². The summed E-state index contributed by atoms with van der Waals surface area (Å²) in [6, 6.07) is 13.8. The van der Waals surface area contributed by atoms with Crippen molar-refractivity contribution in [3.8, 4) is 11.5 Å². The zero-order valence-corrected chi connectivity index (χ0v) is 21.6. The highest BCUT2D eigenvalue weighted by molar-refractivity contribution is 6.30. The molecule has 1 aromatic heterocycles. The van der Waals surface area contributed by atoms with Crippen LogP contribution in [0.15, 0.2) is 48.5 Å². The minimum absolute atomic E-state index is 0.0585. The van der Waals surface area contributed by atoms with Crippen LogP contribution in [0.4, 0.5) is 4.79 Å². The van der Waals surface area contributed by atoms with Gasteiger partial charge in [0, 0.05) is 33.7 Å². The van der Waals surface area contributed by atoms with Gasteiger partial charge in [0.1, 0.15) is 17.5 Å². The zero-order valence-electron chi connectivity index (χ0n) is 20.1. The number of halogens is 2. The molecule has 2 aromatic carbocycles. The molecule has 0 fully saturated rings. The fraction of sp³-hybridized carbons (Fsp3) is 0.321. The Kier molecular flexibility index (Phi) is 7.76. The molecule has 1 unspecified atom stereocenters. The number of aliphatic hydroxyl groups is 2. The summed E-state index contributed by atoms with van der Waals surface area (Å²) in [7, 11) is 0. The van der Waals surface area contributed by atoms with Gasteiger partial charge in [0.15, 0.2) is 0 Å². The first-order valence-electron chi connectivity index (χ1n) is 12.2. The van der Waals surface area contributed by atoms with Crippen molar-refractivity contribution in [2.24, 2.45) is 5.92 Å². The van der Waals surface area contributed by atoms with Gasteiger partial charge in [-0.1, -0.05) is 35.9 Å². The predicted molar refractivity (Wildman–Crippen MR) is 143 cm³/mol. The molecule has 3 N–H and O–H groups in total. The molecular formula is C28H28Cl2N2O5. The molecule has 2 aliphatic rings. The van der Waals surface area contributed by atoms with Crippen molar-refractivity contribution >= 4 is 41.4 Å². The van der Waals surface area contributed by atoms with Gasteiger partial charge in [-0.2, -0.15) is 0 Å². The Balaban J connectivity index is 1.48. The summed E-state index contributed by atoms with van der Waals surface area (Å²) in [5.41, 5.74) is 2.99. The summed E-state index contributed by atoms with van der Waals surface area (Å²) in [4.78, 5) is 18.7. The van der Waals surface area contributed by atoms with E-state index in [1.165, 1.54) is 0 Å². The standard InChI is InChI=1S/C28H28Cl2N2O5/c29-19-3-8-22(9-4-19)37-28(35)32-12-11-23-24-13-20(30)5-10-25(24)31-26(23)27(32)18-1-6-21(7-2-18)36-16-17(14-33)15-34/h1-4,6-10,13,17,20,27,31,33-34H,5,11-12,14-16H2/t20?,27-/m0/s1. The third-order valence-corrected chi connectivity index (χ3v) is 7.30. The number of alkyl halides is 1. The number of aromatic amines is 1. The molecule has 1 amide bonds. The molecule has 0 saturated heterocycles. The van der Waals surface area contributed by atoms with Crippen LogP contribution in [0.3, 0.4) is 0 Å². The van der Waals surface area contributed by atoms with Gasteiger partial charge in [-0.25, -0.2) is 4.79 Å². The summed E-state index contributed by atoms with van der Waals surface area (Å²) >= 11 is 12.4. The number of ether oxygens (including phenoxy) is 2. The Hall–Kier alpha value is -2.97. The maximum atomic E-state index is 13.4. The van der Waals surface area contributed by atoms with Gasteiger partial charge in [-0.3, -0.25) is 4.90 Å². The number of carbonyl (C=O) groups is 1. The highest BCUT2D eigenvalue weighted by Crippen LogP contribution is 2.34. The lowest BCUT2D eigenvalue weighted by Gasteiger charge is -2.35. The number of aromatic nitrogens is 1. The van der Waals surface area contributed by atoms with E-state index in [4.69, 9.17) is 32.7 Å². The molecule has 0 radical (unpaired) electrons. The first-order chi connectivity index (χ1) is 18.0. The van der Waals surface area contributed by atoms with Crippen molar-refractivity contribution in [2.75, 3.05) is 26.4 Å². The number of carbonyl (C=O) groups excluding carboxylic acids is 1. The number of hydrogen-bond donors (Lipinski definition) is 3. The molecule has 9 heteroatoms. The van der Waals surface area contributed by atoms with Crippen molar-refractivity contribution < 1.29 is 24.5 Å². The van der Waals surface area contributed by atoms with E-state index in [0.29, 0.717) is 29.5 Å². The second kappa shape index (κ2) is 11.2. The summed E-state index contributed by atoms with van der Waals surface area (Å²) in [5.74, 6) is 0.684. The average Bonchev–Trinajstić information content (AvgIpc) is 3.28. The van der Waals surface area contributed by atoms with E-state index < -0.39 is 12.1 Å².